The molecule has 6 heteroatoms. The van der Waals surface area contributed by atoms with Crippen LogP contribution in [0.15, 0.2) is 6.20 Å². The molecule has 0 bridgehead atoms. The van der Waals surface area contributed by atoms with Crippen LogP contribution in [0.25, 0.3) is 0 Å². The Morgan fingerprint density at radius 1 is 1.60 bits per heavy atom. The van der Waals surface area contributed by atoms with Gasteiger partial charge < -0.3 is 4.74 Å². The van der Waals surface area contributed by atoms with Crippen molar-refractivity contribution in [2.45, 2.75) is 25.3 Å². The van der Waals surface area contributed by atoms with Crippen molar-refractivity contribution in [3.8, 4) is 0 Å². The van der Waals surface area contributed by atoms with Crippen LogP contribution in [0.3, 0.4) is 0 Å². The van der Waals surface area contributed by atoms with E-state index in [9.17, 15) is 0 Å². The number of aromatic nitrogens is 2. The Morgan fingerprint density at radius 3 is 3.00 bits per heavy atom. The average Bonchev–Trinajstić information content (AvgIpc) is 2.81. The Labute approximate surface area is 93.1 Å². The number of hydrogen-bond acceptors (Lipinski definition) is 6. The highest BCUT2D eigenvalue weighted by Crippen LogP contribution is 2.27. The van der Waals surface area contributed by atoms with Gasteiger partial charge in [-0.2, -0.15) is 0 Å². The lowest BCUT2D eigenvalue weighted by Gasteiger charge is -2.25. The lowest BCUT2D eigenvalue weighted by Crippen LogP contribution is -2.30. The zero-order valence-corrected chi connectivity index (χ0v) is 9.37. The van der Waals surface area contributed by atoms with E-state index < -0.39 is 0 Å². The maximum atomic E-state index is 5.55. The van der Waals surface area contributed by atoms with Gasteiger partial charge in [0.05, 0.1) is 17.1 Å². The number of rotatable bonds is 4. The van der Waals surface area contributed by atoms with E-state index in [-0.39, 0.29) is 6.04 Å². The van der Waals surface area contributed by atoms with Crippen molar-refractivity contribution in [1.82, 2.24) is 15.0 Å². The van der Waals surface area contributed by atoms with Crippen molar-refractivity contribution >= 4 is 11.5 Å². The summed E-state index contributed by atoms with van der Waals surface area (Å²) >= 11 is 1.41. The van der Waals surface area contributed by atoms with E-state index in [1.54, 1.807) is 6.20 Å². The number of hydrogen-bond donors (Lipinski definition) is 2. The van der Waals surface area contributed by atoms with Crippen molar-refractivity contribution in [3.63, 3.8) is 0 Å². The van der Waals surface area contributed by atoms with Crippen LogP contribution < -0.4 is 11.3 Å². The van der Waals surface area contributed by atoms with Gasteiger partial charge in [0.1, 0.15) is 0 Å². The molecule has 1 aromatic rings. The van der Waals surface area contributed by atoms with Crippen LogP contribution in [-0.2, 0) is 4.74 Å². The third-order valence-electron chi connectivity index (χ3n) is 2.83. The summed E-state index contributed by atoms with van der Waals surface area (Å²) in [4.78, 5) is 1.11. The van der Waals surface area contributed by atoms with E-state index >= 15 is 0 Å². The van der Waals surface area contributed by atoms with E-state index in [0.717, 1.165) is 37.4 Å². The molecular weight excluding hydrogens is 212 g/mol. The first-order chi connectivity index (χ1) is 7.40. The van der Waals surface area contributed by atoms with Crippen LogP contribution in [0.4, 0.5) is 0 Å². The summed E-state index contributed by atoms with van der Waals surface area (Å²) in [6.07, 6.45) is 5.09. The number of nitrogens with two attached hydrogens (primary N) is 1. The van der Waals surface area contributed by atoms with E-state index in [1.165, 1.54) is 11.5 Å². The molecular formula is C9H16N4OS. The lowest BCUT2D eigenvalue weighted by atomic mass is 9.92. The first-order valence-corrected chi connectivity index (χ1v) is 5.98. The largest absolute Gasteiger partial charge is 0.381 e. The maximum Gasteiger partial charge on any atom is 0.0669 e. The second-order valence-corrected chi connectivity index (χ2v) is 4.65. The van der Waals surface area contributed by atoms with Crippen molar-refractivity contribution in [2.24, 2.45) is 11.8 Å². The molecule has 0 radical (unpaired) electrons. The predicted octanol–water partition coefficient (Wildman–Crippen LogP) is 0.859. The number of ether oxygens (including phenoxy) is 1. The van der Waals surface area contributed by atoms with Crippen LogP contribution in [-0.4, -0.2) is 22.8 Å². The molecule has 5 nitrogen and oxygen atoms in total. The number of hydrazine groups is 1. The first kappa shape index (κ1) is 10.9. The fourth-order valence-electron chi connectivity index (χ4n) is 1.91. The minimum absolute atomic E-state index is 0.188. The number of nitrogens with one attached hydrogen (secondary N) is 1. The van der Waals surface area contributed by atoms with E-state index in [4.69, 9.17) is 10.6 Å². The van der Waals surface area contributed by atoms with Crippen LogP contribution in [0.2, 0.25) is 0 Å². The van der Waals surface area contributed by atoms with Crippen molar-refractivity contribution in [2.75, 3.05) is 13.2 Å². The second kappa shape index (κ2) is 5.50. The second-order valence-electron chi connectivity index (χ2n) is 3.83. The summed E-state index contributed by atoms with van der Waals surface area (Å²) in [7, 11) is 0. The van der Waals surface area contributed by atoms with Crippen LogP contribution >= 0.6 is 11.5 Å². The molecule has 15 heavy (non-hydrogen) atoms. The van der Waals surface area contributed by atoms with Gasteiger partial charge in [-0.15, -0.1) is 5.10 Å². The molecule has 84 valence electrons. The average molecular weight is 228 g/mol. The number of nitrogens with zero attached hydrogens (tertiary/aromatic N) is 2. The maximum absolute atomic E-state index is 5.55. The molecule has 3 N–H and O–H groups in total. The van der Waals surface area contributed by atoms with Gasteiger partial charge in [0, 0.05) is 13.2 Å². The van der Waals surface area contributed by atoms with E-state index in [0.29, 0.717) is 5.92 Å². The molecule has 1 saturated heterocycles. The molecule has 1 aromatic heterocycles. The fraction of sp³-hybridized carbons (Fsp3) is 0.778. The molecule has 1 unspecified atom stereocenters. The molecule has 0 aliphatic carbocycles. The summed E-state index contributed by atoms with van der Waals surface area (Å²) in [5.41, 5.74) is 2.84. The topological polar surface area (TPSA) is 73.1 Å². The van der Waals surface area contributed by atoms with Crippen LogP contribution in [0.5, 0.6) is 0 Å². The molecule has 1 aliphatic heterocycles. The smallest absolute Gasteiger partial charge is 0.0669 e. The minimum atomic E-state index is 0.188. The minimum Gasteiger partial charge on any atom is -0.381 e. The first-order valence-electron chi connectivity index (χ1n) is 5.21. The monoisotopic (exact) mass is 228 g/mol. The van der Waals surface area contributed by atoms with Gasteiger partial charge in [-0.05, 0) is 36.7 Å². The van der Waals surface area contributed by atoms with Gasteiger partial charge in [0.25, 0.3) is 0 Å². The molecule has 1 fully saturated rings. The Hall–Kier alpha value is -0.560. The van der Waals surface area contributed by atoms with Gasteiger partial charge in [0.2, 0.25) is 0 Å². The highest BCUT2D eigenvalue weighted by atomic mass is 32.1. The van der Waals surface area contributed by atoms with Crippen molar-refractivity contribution in [1.29, 1.82) is 0 Å². The Bertz CT molecular complexity index is 274. The Morgan fingerprint density at radius 2 is 2.40 bits per heavy atom. The third-order valence-corrected chi connectivity index (χ3v) is 3.61. The van der Waals surface area contributed by atoms with Gasteiger partial charge in [-0.1, -0.05) is 4.49 Å². The summed E-state index contributed by atoms with van der Waals surface area (Å²) in [5, 5.41) is 3.83. The highest BCUT2D eigenvalue weighted by Gasteiger charge is 2.20. The molecule has 0 spiro atoms. The summed E-state index contributed by atoms with van der Waals surface area (Å²) in [6.45, 7) is 1.76. The molecule has 1 atom stereocenters. The standard InChI is InChI=1S/C9H16N4OS/c10-12-8(9-6-11-13-15-9)5-7-1-3-14-4-2-7/h6-8,12H,1-5,10H2. The molecule has 1 aliphatic rings. The van der Waals surface area contributed by atoms with Gasteiger partial charge >= 0.3 is 0 Å². The SMILES string of the molecule is NNC(CC1CCOCC1)c1cnns1. The van der Waals surface area contributed by atoms with Gasteiger partial charge in [-0.25, -0.2) is 0 Å². The predicted molar refractivity (Wildman–Crippen MR) is 58.1 cm³/mol. The van der Waals surface area contributed by atoms with Crippen molar-refractivity contribution < 1.29 is 4.74 Å². The highest BCUT2D eigenvalue weighted by molar-refractivity contribution is 7.05. The summed E-state index contributed by atoms with van der Waals surface area (Å²) in [6, 6.07) is 0.188. The summed E-state index contributed by atoms with van der Waals surface area (Å²) in [5.74, 6) is 6.25. The lowest BCUT2D eigenvalue weighted by molar-refractivity contribution is 0.0606. The van der Waals surface area contributed by atoms with E-state index in [2.05, 4.69) is 15.0 Å². The molecule has 2 rings (SSSR count). The van der Waals surface area contributed by atoms with Gasteiger partial charge in [-0.3, -0.25) is 11.3 Å². The van der Waals surface area contributed by atoms with Crippen LogP contribution in [0.1, 0.15) is 30.2 Å². The summed E-state index contributed by atoms with van der Waals surface area (Å²) < 4.78 is 9.19. The quantitative estimate of drug-likeness (QED) is 0.590. The zero-order chi connectivity index (χ0) is 10.5. The Kier molecular flexibility index (Phi) is 4.01. The van der Waals surface area contributed by atoms with Crippen LogP contribution in [0, 0.1) is 5.92 Å². The Balaban J connectivity index is 1.90. The normalized spacial score (nSPS) is 20.3. The van der Waals surface area contributed by atoms with Gasteiger partial charge in [0.15, 0.2) is 0 Å². The molecule has 0 amide bonds. The molecule has 2 heterocycles. The fourth-order valence-corrected chi connectivity index (χ4v) is 2.48. The zero-order valence-electron chi connectivity index (χ0n) is 8.56. The van der Waals surface area contributed by atoms with E-state index in [1.807, 2.05) is 0 Å². The third kappa shape index (κ3) is 2.94. The molecule has 0 saturated carbocycles. The molecule has 0 aromatic carbocycles. The van der Waals surface area contributed by atoms with Crippen molar-refractivity contribution in [3.05, 3.63) is 11.1 Å².